The minimum Gasteiger partial charge on any atom is -0.493 e. The molecule has 0 aliphatic carbocycles. The van der Waals surface area contributed by atoms with Gasteiger partial charge in [0.15, 0.2) is 11.5 Å². The van der Waals surface area contributed by atoms with Crippen LogP contribution < -0.4 is 15.4 Å². The lowest BCUT2D eigenvalue weighted by atomic mass is 9.97. The highest BCUT2D eigenvalue weighted by Crippen LogP contribution is 2.28. The maximum atomic E-state index is 12.5. The Labute approximate surface area is 124 Å². The molecule has 1 aromatic rings. The van der Waals surface area contributed by atoms with Gasteiger partial charge in [-0.1, -0.05) is 0 Å². The highest BCUT2D eigenvalue weighted by molar-refractivity contribution is 5.95. The molecule has 1 saturated heterocycles. The standard InChI is InChI=1S/C15H22N2O4/c1-19-13-4-3-12(9-14(13)20-2)15(18)17-7-5-11(6-8-17)10-21-16/h3-4,9,11H,5-8,10,16H2,1-2H3. The van der Waals surface area contributed by atoms with Crippen LogP contribution in [0.4, 0.5) is 0 Å². The molecule has 0 spiro atoms. The SMILES string of the molecule is COc1ccc(C(=O)N2CCC(CON)CC2)cc1OC. The van der Waals surface area contributed by atoms with Gasteiger partial charge < -0.3 is 19.2 Å². The number of likely N-dealkylation sites (tertiary alicyclic amines) is 1. The number of ether oxygens (including phenoxy) is 2. The van der Waals surface area contributed by atoms with Gasteiger partial charge in [0, 0.05) is 18.7 Å². The summed E-state index contributed by atoms with van der Waals surface area (Å²) >= 11 is 0. The van der Waals surface area contributed by atoms with Crippen LogP contribution in [0.3, 0.4) is 0 Å². The summed E-state index contributed by atoms with van der Waals surface area (Å²) in [4.78, 5) is 19.0. The van der Waals surface area contributed by atoms with Crippen molar-refractivity contribution < 1.29 is 19.1 Å². The highest BCUT2D eigenvalue weighted by Gasteiger charge is 2.24. The summed E-state index contributed by atoms with van der Waals surface area (Å²) in [5.74, 6) is 6.73. The third kappa shape index (κ3) is 3.65. The fraction of sp³-hybridized carbons (Fsp3) is 0.533. The number of methoxy groups -OCH3 is 2. The number of piperidine rings is 1. The van der Waals surface area contributed by atoms with Gasteiger partial charge in [0.2, 0.25) is 0 Å². The second kappa shape index (κ2) is 7.28. The lowest BCUT2D eigenvalue weighted by molar-refractivity contribution is 0.0525. The van der Waals surface area contributed by atoms with E-state index in [0.29, 0.717) is 29.6 Å². The average Bonchev–Trinajstić information content (AvgIpc) is 2.54. The zero-order valence-electron chi connectivity index (χ0n) is 12.5. The van der Waals surface area contributed by atoms with Crippen molar-refractivity contribution >= 4 is 5.91 Å². The van der Waals surface area contributed by atoms with Gasteiger partial charge >= 0.3 is 0 Å². The van der Waals surface area contributed by atoms with Gasteiger partial charge in [-0.3, -0.25) is 4.79 Å². The fourth-order valence-corrected chi connectivity index (χ4v) is 2.59. The largest absolute Gasteiger partial charge is 0.493 e. The van der Waals surface area contributed by atoms with Crippen LogP contribution in [-0.4, -0.2) is 44.7 Å². The van der Waals surface area contributed by atoms with Crippen LogP contribution in [0.15, 0.2) is 18.2 Å². The Morgan fingerprint density at radius 3 is 2.48 bits per heavy atom. The first kappa shape index (κ1) is 15.6. The second-order valence-corrected chi connectivity index (χ2v) is 5.14. The first-order valence-corrected chi connectivity index (χ1v) is 7.02. The average molecular weight is 294 g/mol. The van der Waals surface area contributed by atoms with E-state index in [4.69, 9.17) is 15.4 Å². The molecule has 1 amide bonds. The summed E-state index contributed by atoms with van der Waals surface area (Å²) in [5, 5.41) is 0. The molecule has 1 aromatic carbocycles. The molecule has 1 aliphatic heterocycles. The van der Waals surface area contributed by atoms with Crippen LogP contribution in [0.25, 0.3) is 0 Å². The molecular formula is C15H22N2O4. The Kier molecular flexibility index (Phi) is 5.41. The Hall–Kier alpha value is -1.79. The molecule has 0 unspecified atom stereocenters. The van der Waals surface area contributed by atoms with Gasteiger partial charge in [-0.05, 0) is 37.0 Å². The third-order valence-corrected chi connectivity index (χ3v) is 3.86. The van der Waals surface area contributed by atoms with E-state index >= 15 is 0 Å². The molecule has 2 rings (SSSR count). The van der Waals surface area contributed by atoms with E-state index in [2.05, 4.69) is 4.84 Å². The molecule has 0 atom stereocenters. The molecule has 6 heteroatoms. The molecule has 1 fully saturated rings. The minimum absolute atomic E-state index is 0.0167. The summed E-state index contributed by atoms with van der Waals surface area (Å²) in [7, 11) is 3.13. The van der Waals surface area contributed by atoms with Gasteiger partial charge in [0.1, 0.15) is 0 Å². The molecule has 2 N–H and O–H groups in total. The number of nitrogens with two attached hydrogens (primary N) is 1. The molecule has 0 radical (unpaired) electrons. The van der Waals surface area contributed by atoms with Crippen molar-refractivity contribution in [1.82, 2.24) is 4.90 Å². The van der Waals surface area contributed by atoms with Gasteiger partial charge in [0.05, 0.1) is 20.8 Å². The lowest BCUT2D eigenvalue weighted by Gasteiger charge is -2.31. The van der Waals surface area contributed by atoms with Crippen LogP contribution >= 0.6 is 0 Å². The summed E-state index contributed by atoms with van der Waals surface area (Å²) in [6.07, 6.45) is 1.83. The number of benzene rings is 1. The molecule has 0 aromatic heterocycles. The van der Waals surface area contributed by atoms with Crippen molar-refractivity contribution in [2.24, 2.45) is 11.8 Å². The Balaban J connectivity index is 2.04. The number of rotatable bonds is 5. The Bertz CT molecular complexity index is 485. The van der Waals surface area contributed by atoms with E-state index in [1.165, 1.54) is 0 Å². The van der Waals surface area contributed by atoms with Gasteiger partial charge in [0.25, 0.3) is 5.91 Å². The van der Waals surface area contributed by atoms with Crippen molar-refractivity contribution in [1.29, 1.82) is 0 Å². The highest BCUT2D eigenvalue weighted by atomic mass is 16.6. The summed E-state index contributed by atoms with van der Waals surface area (Å²) in [5.41, 5.74) is 0.612. The molecule has 1 heterocycles. The van der Waals surface area contributed by atoms with Gasteiger partial charge in [-0.15, -0.1) is 0 Å². The van der Waals surface area contributed by atoms with E-state index in [0.717, 1.165) is 25.9 Å². The van der Waals surface area contributed by atoms with E-state index in [1.807, 2.05) is 4.90 Å². The number of nitrogens with zero attached hydrogens (tertiary/aromatic N) is 1. The summed E-state index contributed by atoms with van der Waals surface area (Å²) in [6.45, 7) is 2.00. The predicted molar refractivity (Wildman–Crippen MR) is 78.3 cm³/mol. The molecule has 116 valence electrons. The zero-order chi connectivity index (χ0) is 15.2. The third-order valence-electron chi connectivity index (χ3n) is 3.86. The molecule has 0 bridgehead atoms. The molecule has 6 nitrogen and oxygen atoms in total. The van der Waals surface area contributed by atoms with E-state index in [9.17, 15) is 4.79 Å². The van der Waals surface area contributed by atoms with Crippen molar-refractivity contribution in [3.05, 3.63) is 23.8 Å². The first-order valence-electron chi connectivity index (χ1n) is 7.02. The number of hydrogen-bond acceptors (Lipinski definition) is 5. The predicted octanol–water partition coefficient (Wildman–Crippen LogP) is 1.45. The van der Waals surface area contributed by atoms with Gasteiger partial charge in [-0.25, -0.2) is 5.90 Å². The summed E-state index contributed by atoms with van der Waals surface area (Å²) in [6, 6.07) is 5.23. The number of carbonyl (C=O) groups excluding carboxylic acids is 1. The molecular weight excluding hydrogens is 272 g/mol. The van der Waals surface area contributed by atoms with Crippen molar-refractivity contribution in [2.75, 3.05) is 33.9 Å². The van der Waals surface area contributed by atoms with Crippen LogP contribution in [0, 0.1) is 5.92 Å². The monoisotopic (exact) mass is 294 g/mol. The number of hydrogen-bond donors (Lipinski definition) is 1. The second-order valence-electron chi connectivity index (χ2n) is 5.14. The topological polar surface area (TPSA) is 74.0 Å². The smallest absolute Gasteiger partial charge is 0.253 e. The number of carbonyl (C=O) groups is 1. The lowest BCUT2D eigenvalue weighted by Crippen LogP contribution is -2.39. The summed E-state index contributed by atoms with van der Waals surface area (Å²) < 4.78 is 10.4. The maximum Gasteiger partial charge on any atom is 0.253 e. The fourth-order valence-electron chi connectivity index (χ4n) is 2.59. The van der Waals surface area contributed by atoms with Crippen LogP contribution in [0.1, 0.15) is 23.2 Å². The van der Waals surface area contributed by atoms with Crippen molar-refractivity contribution in [3.63, 3.8) is 0 Å². The van der Waals surface area contributed by atoms with E-state index in [-0.39, 0.29) is 5.91 Å². The van der Waals surface area contributed by atoms with Crippen LogP contribution in [0.2, 0.25) is 0 Å². The van der Waals surface area contributed by atoms with E-state index < -0.39 is 0 Å². The van der Waals surface area contributed by atoms with Crippen LogP contribution in [0.5, 0.6) is 11.5 Å². The quantitative estimate of drug-likeness (QED) is 0.832. The molecule has 1 aliphatic rings. The molecule has 0 saturated carbocycles. The number of amides is 1. The molecule has 21 heavy (non-hydrogen) atoms. The van der Waals surface area contributed by atoms with E-state index in [1.54, 1.807) is 32.4 Å². The Morgan fingerprint density at radius 2 is 1.90 bits per heavy atom. The zero-order valence-corrected chi connectivity index (χ0v) is 12.5. The van der Waals surface area contributed by atoms with Crippen molar-refractivity contribution in [3.8, 4) is 11.5 Å². The first-order chi connectivity index (χ1) is 10.2. The minimum atomic E-state index is 0.0167. The van der Waals surface area contributed by atoms with Crippen LogP contribution in [-0.2, 0) is 4.84 Å². The maximum absolute atomic E-state index is 12.5. The van der Waals surface area contributed by atoms with Crippen molar-refractivity contribution in [2.45, 2.75) is 12.8 Å². The Morgan fingerprint density at radius 1 is 1.24 bits per heavy atom. The van der Waals surface area contributed by atoms with Gasteiger partial charge in [-0.2, -0.15) is 0 Å². The normalized spacial score (nSPS) is 15.9.